The van der Waals surface area contributed by atoms with Crippen molar-refractivity contribution in [2.75, 3.05) is 33.7 Å². The van der Waals surface area contributed by atoms with Crippen molar-refractivity contribution in [3.63, 3.8) is 0 Å². The molecule has 1 atom stereocenters. The summed E-state index contributed by atoms with van der Waals surface area (Å²) in [7, 11) is 1.61. The maximum absolute atomic E-state index is 5.62. The standard InChI is InChI=1S/C8H17NO3/c1-10-7-12-8(5-9)3-2-4-11-6-8/h2-7,9H2,1H3. The Morgan fingerprint density at radius 1 is 1.58 bits per heavy atom. The van der Waals surface area contributed by atoms with Crippen LogP contribution in [0.2, 0.25) is 0 Å². The summed E-state index contributed by atoms with van der Waals surface area (Å²) < 4.78 is 15.6. The molecule has 1 aliphatic rings. The Balaban J connectivity index is 2.37. The molecular formula is C8H17NO3. The Morgan fingerprint density at radius 3 is 2.92 bits per heavy atom. The molecule has 4 heteroatoms. The second kappa shape index (κ2) is 4.77. The van der Waals surface area contributed by atoms with Gasteiger partial charge in [-0.1, -0.05) is 0 Å². The largest absolute Gasteiger partial charge is 0.378 e. The van der Waals surface area contributed by atoms with Crippen molar-refractivity contribution in [3.05, 3.63) is 0 Å². The fourth-order valence-corrected chi connectivity index (χ4v) is 1.34. The van der Waals surface area contributed by atoms with Gasteiger partial charge in [0.05, 0.1) is 6.61 Å². The van der Waals surface area contributed by atoms with Crippen LogP contribution < -0.4 is 5.73 Å². The molecule has 1 rings (SSSR count). The highest BCUT2D eigenvalue weighted by atomic mass is 16.7. The first-order chi connectivity index (χ1) is 5.83. The molecule has 0 aromatic heterocycles. The summed E-state index contributed by atoms with van der Waals surface area (Å²) >= 11 is 0. The highest BCUT2D eigenvalue weighted by Crippen LogP contribution is 2.21. The fraction of sp³-hybridized carbons (Fsp3) is 1.00. The van der Waals surface area contributed by atoms with Gasteiger partial charge in [0.1, 0.15) is 12.4 Å². The van der Waals surface area contributed by atoms with Gasteiger partial charge in [-0.2, -0.15) is 0 Å². The minimum absolute atomic E-state index is 0.292. The summed E-state index contributed by atoms with van der Waals surface area (Å²) in [4.78, 5) is 0. The molecule has 0 aliphatic carbocycles. The van der Waals surface area contributed by atoms with Crippen LogP contribution in [0.5, 0.6) is 0 Å². The lowest BCUT2D eigenvalue weighted by atomic mass is 9.97. The van der Waals surface area contributed by atoms with E-state index in [0.717, 1.165) is 19.4 Å². The van der Waals surface area contributed by atoms with Crippen molar-refractivity contribution < 1.29 is 14.2 Å². The topological polar surface area (TPSA) is 53.7 Å². The van der Waals surface area contributed by atoms with E-state index in [1.807, 2.05) is 0 Å². The zero-order chi connectivity index (χ0) is 8.86. The van der Waals surface area contributed by atoms with E-state index in [-0.39, 0.29) is 5.60 Å². The van der Waals surface area contributed by atoms with Gasteiger partial charge in [0.2, 0.25) is 0 Å². The molecule has 0 spiro atoms. The molecule has 1 heterocycles. The Bertz CT molecular complexity index is 123. The predicted octanol–water partition coefficient (Wildman–Crippen LogP) is 0.115. The molecule has 1 saturated heterocycles. The van der Waals surface area contributed by atoms with Crippen molar-refractivity contribution >= 4 is 0 Å². The molecule has 0 aromatic rings. The number of ether oxygens (including phenoxy) is 3. The van der Waals surface area contributed by atoms with E-state index < -0.39 is 0 Å². The van der Waals surface area contributed by atoms with Crippen LogP contribution in [0.3, 0.4) is 0 Å². The van der Waals surface area contributed by atoms with Crippen molar-refractivity contribution in [1.82, 2.24) is 0 Å². The highest BCUT2D eigenvalue weighted by Gasteiger charge is 2.32. The monoisotopic (exact) mass is 175 g/mol. The molecule has 1 aliphatic heterocycles. The fourth-order valence-electron chi connectivity index (χ4n) is 1.34. The summed E-state index contributed by atoms with van der Waals surface area (Å²) in [6, 6.07) is 0. The molecule has 0 radical (unpaired) electrons. The maximum atomic E-state index is 5.62. The summed E-state index contributed by atoms with van der Waals surface area (Å²) in [5, 5.41) is 0. The molecular weight excluding hydrogens is 158 g/mol. The number of hydrogen-bond acceptors (Lipinski definition) is 4. The molecule has 0 amide bonds. The zero-order valence-corrected chi connectivity index (χ0v) is 7.54. The van der Waals surface area contributed by atoms with Crippen LogP contribution in [-0.4, -0.2) is 39.3 Å². The normalized spacial score (nSPS) is 30.5. The van der Waals surface area contributed by atoms with Crippen LogP contribution in [0.25, 0.3) is 0 Å². The maximum Gasteiger partial charge on any atom is 0.147 e. The summed E-state index contributed by atoms with van der Waals surface area (Å²) in [5.41, 5.74) is 5.32. The molecule has 2 N–H and O–H groups in total. The summed E-state index contributed by atoms with van der Waals surface area (Å²) in [6.45, 7) is 2.20. The van der Waals surface area contributed by atoms with Gasteiger partial charge in [-0.3, -0.25) is 0 Å². The average Bonchev–Trinajstić information content (AvgIpc) is 2.16. The van der Waals surface area contributed by atoms with Crippen LogP contribution in [0.1, 0.15) is 12.8 Å². The van der Waals surface area contributed by atoms with E-state index in [1.54, 1.807) is 7.11 Å². The number of rotatable bonds is 4. The third-order valence-corrected chi connectivity index (χ3v) is 2.14. The smallest absolute Gasteiger partial charge is 0.147 e. The predicted molar refractivity (Wildman–Crippen MR) is 44.8 cm³/mol. The molecule has 0 bridgehead atoms. The van der Waals surface area contributed by atoms with Crippen LogP contribution in [0.4, 0.5) is 0 Å². The van der Waals surface area contributed by atoms with E-state index >= 15 is 0 Å². The summed E-state index contributed by atoms with van der Waals surface area (Å²) in [5.74, 6) is 0. The minimum atomic E-state index is -0.297. The van der Waals surface area contributed by atoms with Crippen LogP contribution >= 0.6 is 0 Å². The quantitative estimate of drug-likeness (QED) is 0.616. The van der Waals surface area contributed by atoms with Gasteiger partial charge in [-0.25, -0.2) is 0 Å². The van der Waals surface area contributed by atoms with E-state index in [1.165, 1.54) is 0 Å². The first-order valence-corrected chi connectivity index (χ1v) is 4.24. The SMILES string of the molecule is COCOC1(CN)CCCOC1. The van der Waals surface area contributed by atoms with Crippen LogP contribution in [0, 0.1) is 0 Å². The number of hydrogen-bond donors (Lipinski definition) is 1. The van der Waals surface area contributed by atoms with Gasteiger partial charge in [0.15, 0.2) is 0 Å². The zero-order valence-electron chi connectivity index (χ0n) is 7.54. The van der Waals surface area contributed by atoms with Crippen molar-refractivity contribution in [2.24, 2.45) is 5.73 Å². The minimum Gasteiger partial charge on any atom is -0.378 e. The first-order valence-electron chi connectivity index (χ1n) is 4.24. The molecule has 4 nitrogen and oxygen atoms in total. The van der Waals surface area contributed by atoms with Crippen molar-refractivity contribution in [3.8, 4) is 0 Å². The lowest BCUT2D eigenvalue weighted by Gasteiger charge is -2.35. The molecule has 0 aromatic carbocycles. The second-order valence-electron chi connectivity index (χ2n) is 3.09. The Morgan fingerprint density at radius 2 is 2.42 bits per heavy atom. The lowest BCUT2D eigenvalue weighted by molar-refractivity contribution is -0.173. The van der Waals surface area contributed by atoms with E-state index in [9.17, 15) is 0 Å². The third-order valence-electron chi connectivity index (χ3n) is 2.14. The molecule has 0 saturated carbocycles. The molecule has 1 unspecified atom stereocenters. The second-order valence-corrected chi connectivity index (χ2v) is 3.09. The van der Waals surface area contributed by atoms with Crippen molar-refractivity contribution in [1.29, 1.82) is 0 Å². The van der Waals surface area contributed by atoms with Gasteiger partial charge in [0, 0.05) is 20.3 Å². The van der Waals surface area contributed by atoms with E-state index in [4.69, 9.17) is 19.9 Å². The molecule has 72 valence electrons. The Labute approximate surface area is 73.0 Å². The first kappa shape index (κ1) is 9.92. The number of methoxy groups -OCH3 is 1. The molecule has 1 fully saturated rings. The van der Waals surface area contributed by atoms with Crippen LogP contribution in [-0.2, 0) is 14.2 Å². The van der Waals surface area contributed by atoms with E-state index in [2.05, 4.69) is 0 Å². The lowest BCUT2D eigenvalue weighted by Crippen LogP contribution is -2.48. The van der Waals surface area contributed by atoms with Gasteiger partial charge in [0.25, 0.3) is 0 Å². The van der Waals surface area contributed by atoms with Gasteiger partial charge >= 0.3 is 0 Å². The third kappa shape index (κ3) is 2.42. The molecule has 12 heavy (non-hydrogen) atoms. The number of nitrogens with two attached hydrogens (primary N) is 1. The van der Waals surface area contributed by atoms with Gasteiger partial charge < -0.3 is 19.9 Å². The van der Waals surface area contributed by atoms with E-state index in [0.29, 0.717) is 19.9 Å². The Kier molecular flexibility index (Phi) is 3.94. The average molecular weight is 175 g/mol. The van der Waals surface area contributed by atoms with Gasteiger partial charge in [-0.05, 0) is 12.8 Å². The van der Waals surface area contributed by atoms with Gasteiger partial charge in [-0.15, -0.1) is 0 Å². The summed E-state index contributed by atoms with van der Waals surface area (Å²) in [6.07, 6.45) is 1.98. The highest BCUT2D eigenvalue weighted by molar-refractivity contribution is 4.83. The van der Waals surface area contributed by atoms with Crippen LogP contribution in [0.15, 0.2) is 0 Å². The Hall–Kier alpha value is -0.160. The van der Waals surface area contributed by atoms with Crippen molar-refractivity contribution in [2.45, 2.75) is 18.4 Å².